The molecule has 1 fully saturated rings. The third-order valence-electron chi connectivity index (χ3n) is 5.20. The lowest BCUT2D eigenvalue weighted by atomic mass is 10.2. The van der Waals surface area contributed by atoms with Crippen molar-refractivity contribution >= 4 is 35.8 Å². The van der Waals surface area contributed by atoms with Crippen molar-refractivity contribution in [1.82, 2.24) is 25.5 Å². The number of oxazole rings is 1. The minimum atomic E-state index is 0. The molecule has 0 atom stereocenters. The second kappa shape index (κ2) is 12.1. The summed E-state index contributed by atoms with van der Waals surface area (Å²) in [5.41, 5.74) is 2.01. The summed E-state index contributed by atoms with van der Waals surface area (Å²) in [4.78, 5) is 18.5. The number of aryl methyl sites for hydroxylation is 2. The molecule has 3 heterocycles. The number of anilines is 1. The molecule has 0 aromatic carbocycles. The fourth-order valence-corrected chi connectivity index (χ4v) is 3.28. The number of aromatic nitrogens is 2. The van der Waals surface area contributed by atoms with E-state index in [1.807, 2.05) is 27.0 Å². The van der Waals surface area contributed by atoms with E-state index in [1.165, 1.54) is 0 Å². The number of nitrogens with one attached hydrogen (secondary N) is 2. The van der Waals surface area contributed by atoms with Crippen molar-refractivity contribution in [1.29, 1.82) is 0 Å². The van der Waals surface area contributed by atoms with Crippen LogP contribution in [0.1, 0.15) is 36.8 Å². The summed E-state index contributed by atoms with van der Waals surface area (Å²) >= 11 is 0. The molecule has 2 aromatic heterocycles. The lowest BCUT2D eigenvalue weighted by molar-refractivity contribution is 0.270. The molecule has 2 aromatic rings. The zero-order valence-corrected chi connectivity index (χ0v) is 20.8. The van der Waals surface area contributed by atoms with Gasteiger partial charge in [-0.3, -0.25) is 0 Å². The third kappa shape index (κ3) is 6.83. The van der Waals surface area contributed by atoms with Crippen LogP contribution in [0.25, 0.3) is 0 Å². The molecule has 2 N–H and O–H groups in total. The summed E-state index contributed by atoms with van der Waals surface area (Å²) in [5, 5.41) is 6.52. The second-order valence-electron chi connectivity index (χ2n) is 7.24. The standard InChI is InChI=1S/C21H33N7O.HI/c1-5-22-21(25-15-20-26-16(3)17(4)29-20)24-14-18-7-8-19(23-13-18)28-11-9-27(6-2)10-12-28;/h7-8,13H,5-6,9-12,14-15H2,1-4H3,(H2,22,24,25);1H. The Balaban J connectivity index is 0.00000320. The van der Waals surface area contributed by atoms with E-state index in [2.05, 4.69) is 54.5 Å². The SMILES string of the molecule is CCNC(=NCc1ccc(N2CCN(CC)CC2)nc1)NCc1nc(C)c(C)o1.I. The average Bonchev–Trinajstić information content (AvgIpc) is 3.08. The molecule has 3 rings (SSSR count). The third-order valence-corrected chi connectivity index (χ3v) is 5.20. The zero-order chi connectivity index (χ0) is 20.6. The first-order valence-corrected chi connectivity index (χ1v) is 10.5. The van der Waals surface area contributed by atoms with Crippen molar-refractivity contribution in [3.05, 3.63) is 41.2 Å². The first-order chi connectivity index (χ1) is 14.1. The maximum atomic E-state index is 5.62. The van der Waals surface area contributed by atoms with Gasteiger partial charge < -0.3 is 24.9 Å². The molecule has 0 spiro atoms. The molecule has 0 saturated carbocycles. The normalized spacial score (nSPS) is 15.1. The minimum absolute atomic E-state index is 0. The highest BCUT2D eigenvalue weighted by atomic mass is 127. The highest BCUT2D eigenvalue weighted by Gasteiger charge is 2.16. The molecule has 0 radical (unpaired) electrons. The Bertz CT molecular complexity index is 779. The molecule has 1 aliphatic heterocycles. The first-order valence-electron chi connectivity index (χ1n) is 10.5. The maximum Gasteiger partial charge on any atom is 0.214 e. The van der Waals surface area contributed by atoms with E-state index in [1.54, 1.807) is 0 Å². The summed E-state index contributed by atoms with van der Waals surface area (Å²) in [6.07, 6.45) is 1.93. The highest BCUT2D eigenvalue weighted by Crippen LogP contribution is 2.14. The van der Waals surface area contributed by atoms with E-state index >= 15 is 0 Å². The van der Waals surface area contributed by atoms with Gasteiger partial charge in [0.1, 0.15) is 11.6 Å². The zero-order valence-electron chi connectivity index (χ0n) is 18.4. The van der Waals surface area contributed by atoms with Crippen molar-refractivity contribution in [3.63, 3.8) is 0 Å². The Morgan fingerprint density at radius 2 is 1.90 bits per heavy atom. The van der Waals surface area contributed by atoms with Crippen LogP contribution in [0.15, 0.2) is 27.7 Å². The van der Waals surface area contributed by atoms with Gasteiger partial charge in [-0.15, -0.1) is 24.0 Å². The van der Waals surface area contributed by atoms with Crippen LogP contribution < -0.4 is 15.5 Å². The topological polar surface area (TPSA) is 81.8 Å². The van der Waals surface area contributed by atoms with Crippen LogP contribution in [-0.2, 0) is 13.1 Å². The van der Waals surface area contributed by atoms with Crippen LogP contribution in [0.2, 0.25) is 0 Å². The van der Waals surface area contributed by atoms with E-state index in [4.69, 9.17) is 4.42 Å². The molecule has 0 aliphatic carbocycles. The number of aliphatic imine (C=N–C) groups is 1. The number of hydrogen-bond donors (Lipinski definition) is 2. The van der Waals surface area contributed by atoms with Gasteiger partial charge in [0.2, 0.25) is 5.89 Å². The number of likely N-dealkylation sites (N-methyl/N-ethyl adjacent to an activating group) is 1. The number of guanidine groups is 1. The summed E-state index contributed by atoms with van der Waals surface area (Å²) < 4.78 is 5.62. The molecule has 9 heteroatoms. The molecule has 30 heavy (non-hydrogen) atoms. The van der Waals surface area contributed by atoms with E-state index in [0.717, 1.165) is 68.1 Å². The van der Waals surface area contributed by atoms with Gasteiger partial charge in [0, 0.05) is 38.9 Å². The Hall–Kier alpha value is -1.88. The highest BCUT2D eigenvalue weighted by molar-refractivity contribution is 14.0. The Morgan fingerprint density at radius 1 is 1.13 bits per heavy atom. The van der Waals surface area contributed by atoms with Crippen LogP contribution in [0.5, 0.6) is 0 Å². The van der Waals surface area contributed by atoms with Gasteiger partial charge >= 0.3 is 0 Å². The number of rotatable bonds is 7. The van der Waals surface area contributed by atoms with E-state index in [0.29, 0.717) is 19.0 Å². The number of nitrogens with zero attached hydrogens (tertiary/aromatic N) is 5. The number of halogens is 1. The Morgan fingerprint density at radius 3 is 2.47 bits per heavy atom. The van der Waals surface area contributed by atoms with Crippen LogP contribution >= 0.6 is 24.0 Å². The van der Waals surface area contributed by atoms with Gasteiger partial charge in [0.25, 0.3) is 0 Å². The minimum Gasteiger partial charge on any atom is -0.444 e. The summed E-state index contributed by atoms with van der Waals surface area (Å²) in [6, 6.07) is 4.22. The van der Waals surface area contributed by atoms with Crippen LogP contribution in [0.4, 0.5) is 5.82 Å². The molecule has 8 nitrogen and oxygen atoms in total. The molecule has 166 valence electrons. The van der Waals surface area contributed by atoms with E-state index < -0.39 is 0 Å². The molecule has 1 saturated heterocycles. The number of hydrogen-bond acceptors (Lipinski definition) is 6. The van der Waals surface area contributed by atoms with Crippen molar-refractivity contribution < 1.29 is 4.42 Å². The van der Waals surface area contributed by atoms with Crippen molar-refractivity contribution in [2.45, 2.75) is 40.8 Å². The lowest BCUT2D eigenvalue weighted by Gasteiger charge is -2.34. The quantitative estimate of drug-likeness (QED) is 0.326. The molecular weight excluding hydrogens is 493 g/mol. The van der Waals surface area contributed by atoms with Crippen LogP contribution in [0.3, 0.4) is 0 Å². The molecule has 0 amide bonds. The fourth-order valence-electron chi connectivity index (χ4n) is 3.28. The molecule has 0 unspecified atom stereocenters. The summed E-state index contributed by atoms with van der Waals surface area (Å²) in [5.74, 6) is 3.31. The Labute approximate surface area is 196 Å². The lowest BCUT2D eigenvalue weighted by Crippen LogP contribution is -2.46. The summed E-state index contributed by atoms with van der Waals surface area (Å²) in [6.45, 7) is 15.4. The van der Waals surface area contributed by atoms with Gasteiger partial charge in [-0.05, 0) is 38.9 Å². The van der Waals surface area contributed by atoms with Gasteiger partial charge in [-0.25, -0.2) is 15.0 Å². The van der Waals surface area contributed by atoms with Gasteiger partial charge in [-0.1, -0.05) is 13.0 Å². The van der Waals surface area contributed by atoms with E-state index in [9.17, 15) is 0 Å². The first kappa shape index (κ1) is 24.4. The van der Waals surface area contributed by atoms with Crippen LogP contribution in [-0.4, -0.2) is 60.1 Å². The predicted octanol–water partition coefficient (Wildman–Crippen LogP) is 2.70. The second-order valence-corrected chi connectivity index (χ2v) is 7.24. The predicted molar refractivity (Wildman–Crippen MR) is 132 cm³/mol. The van der Waals surface area contributed by atoms with Gasteiger partial charge in [-0.2, -0.15) is 0 Å². The molecule has 1 aliphatic rings. The summed E-state index contributed by atoms with van der Waals surface area (Å²) in [7, 11) is 0. The van der Waals surface area contributed by atoms with Crippen LogP contribution in [0, 0.1) is 13.8 Å². The number of piperazine rings is 1. The molecule has 0 bridgehead atoms. The van der Waals surface area contributed by atoms with Crippen molar-refractivity contribution in [2.75, 3.05) is 44.2 Å². The monoisotopic (exact) mass is 527 g/mol. The van der Waals surface area contributed by atoms with E-state index in [-0.39, 0.29) is 24.0 Å². The Kier molecular flexibility index (Phi) is 9.83. The average molecular weight is 527 g/mol. The fraction of sp³-hybridized carbons (Fsp3) is 0.571. The molecular formula is C21H34IN7O. The maximum absolute atomic E-state index is 5.62. The number of pyridine rings is 1. The van der Waals surface area contributed by atoms with Crippen molar-refractivity contribution in [2.24, 2.45) is 4.99 Å². The van der Waals surface area contributed by atoms with Gasteiger partial charge in [0.15, 0.2) is 5.96 Å². The largest absolute Gasteiger partial charge is 0.444 e. The van der Waals surface area contributed by atoms with Crippen molar-refractivity contribution in [3.8, 4) is 0 Å². The smallest absolute Gasteiger partial charge is 0.214 e. The van der Waals surface area contributed by atoms with Gasteiger partial charge in [0.05, 0.1) is 18.8 Å².